The summed E-state index contributed by atoms with van der Waals surface area (Å²) in [6.45, 7) is 4.59. The normalized spacial score (nSPS) is 10.3. The summed E-state index contributed by atoms with van der Waals surface area (Å²) in [5.41, 5.74) is 3.27. The molecule has 0 atom stereocenters. The molecule has 0 aliphatic rings. The molecule has 0 heterocycles. The topological polar surface area (TPSA) is 38.3 Å². The van der Waals surface area contributed by atoms with Crippen molar-refractivity contribution in [1.29, 1.82) is 0 Å². The first-order chi connectivity index (χ1) is 10.7. The van der Waals surface area contributed by atoms with Gasteiger partial charge in [-0.1, -0.05) is 42.0 Å². The van der Waals surface area contributed by atoms with Crippen molar-refractivity contribution >= 4 is 11.6 Å². The summed E-state index contributed by atoms with van der Waals surface area (Å²) in [7, 11) is 0. The number of carbonyl (C=O) groups is 1. The first kappa shape index (κ1) is 16.1. The quantitative estimate of drug-likeness (QED) is 0.825. The lowest BCUT2D eigenvalue weighted by molar-refractivity contribution is -0.116. The number of amides is 1. The van der Waals surface area contributed by atoms with Gasteiger partial charge in [-0.25, -0.2) is 0 Å². The third-order valence-corrected chi connectivity index (χ3v) is 3.45. The Morgan fingerprint density at radius 1 is 1.09 bits per heavy atom. The van der Waals surface area contributed by atoms with Crippen LogP contribution < -0.4 is 10.1 Å². The molecule has 0 aliphatic carbocycles. The zero-order chi connectivity index (χ0) is 15.8. The fourth-order valence-electron chi connectivity index (χ4n) is 2.27. The van der Waals surface area contributed by atoms with E-state index in [9.17, 15) is 4.79 Å². The highest BCUT2D eigenvalue weighted by molar-refractivity contribution is 5.92. The summed E-state index contributed by atoms with van der Waals surface area (Å²) in [5, 5.41) is 2.93. The van der Waals surface area contributed by atoms with E-state index in [1.54, 1.807) is 0 Å². The second kappa shape index (κ2) is 8.23. The van der Waals surface area contributed by atoms with Gasteiger partial charge >= 0.3 is 0 Å². The SMILES string of the molecule is CCOc1ccccc1NC(=O)CCCc1ccc(C)cc1. The Morgan fingerprint density at radius 2 is 1.82 bits per heavy atom. The Kier molecular flexibility index (Phi) is 6.01. The Labute approximate surface area is 132 Å². The number of rotatable bonds is 7. The smallest absolute Gasteiger partial charge is 0.224 e. The molecule has 2 aromatic rings. The molecule has 0 saturated carbocycles. The van der Waals surface area contributed by atoms with Crippen molar-refractivity contribution in [3.63, 3.8) is 0 Å². The highest BCUT2D eigenvalue weighted by atomic mass is 16.5. The molecular weight excluding hydrogens is 274 g/mol. The van der Waals surface area contributed by atoms with Crippen LogP contribution in [0, 0.1) is 6.92 Å². The van der Waals surface area contributed by atoms with Crippen LogP contribution in [-0.2, 0) is 11.2 Å². The highest BCUT2D eigenvalue weighted by Gasteiger charge is 2.07. The summed E-state index contributed by atoms with van der Waals surface area (Å²) >= 11 is 0. The van der Waals surface area contributed by atoms with Gasteiger partial charge < -0.3 is 10.1 Å². The highest BCUT2D eigenvalue weighted by Crippen LogP contribution is 2.23. The molecule has 22 heavy (non-hydrogen) atoms. The van der Waals surface area contributed by atoms with E-state index in [4.69, 9.17) is 4.74 Å². The van der Waals surface area contributed by atoms with Crippen molar-refractivity contribution in [3.8, 4) is 5.75 Å². The summed E-state index contributed by atoms with van der Waals surface area (Å²) in [4.78, 5) is 12.0. The molecule has 3 heteroatoms. The molecular formula is C19H23NO2. The van der Waals surface area contributed by atoms with Crippen LogP contribution in [0.1, 0.15) is 30.9 Å². The summed E-state index contributed by atoms with van der Waals surface area (Å²) < 4.78 is 5.51. The van der Waals surface area contributed by atoms with Crippen molar-refractivity contribution in [2.75, 3.05) is 11.9 Å². The van der Waals surface area contributed by atoms with E-state index in [1.807, 2.05) is 31.2 Å². The first-order valence-corrected chi connectivity index (χ1v) is 7.76. The fraction of sp³-hybridized carbons (Fsp3) is 0.316. The van der Waals surface area contributed by atoms with Crippen LogP contribution in [0.25, 0.3) is 0 Å². The predicted molar refractivity (Wildman–Crippen MR) is 90.4 cm³/mol. The lowest BCUT2D eigenvalue weighted by atomic mass is 10.1. The lowest BCUT2D eigenvalue weighted by Gasteiger charge is -2.11. The zero-order valence-electron chi connectivity index (χ0n) is 13.3. The number of benzene rings is 2. The number of aryl methyl sites for hydroxylation is 2. The van der Waals surface area contributed by atoms with Gasteiger partial charge in [0.25, 0.3) is 0 Å². The van der Waals surface area contributed by atoms with Crippen LogP contribution in [0.5, 0.6) is 5.75 Å². The number of hydrogen-bond acceptors (Lipinski definition) is 2. The van der Waals surface area contributed by atoms with Crippen molar-refractivity contribution in [1.82, 2.24) is 0 Å². The van der Waals surface area contributed by atoms with Gasteiger partial charge in [-0.05, 0) is 44.4 Å². The summed E-state index contributed by atoms with van der Waals surface area (Å²) in [5.74, 6) is 0.746. The van der Waals surface area contributed by atoms with Gasteiger partial charge in [0.05, 0.1) is 12.3 Å². The zero-order valence-corrected chi connectivity index (χ0v) is 13.3. The second-order valence-electron chi connectivity index (χ2n) is 5.32. The van der Waals surface area contributed by atoms with Crippen molar-refractivity contribution < 1.29 is 9.53 Å². The molecule has 2 aromatic carbocycles. The van der Waals surface area contributed by atoms with Crippen LogP contribution >= 0.6 is 0 Å². The molecule has 116 valence electrons. The van der Waals surface area contributed by atoms with Crippen LogP contribution in [0.2, 0.25) is 0 Å². The third-order valence-electron chi connectivity index (χ3n) is 3.45. The number of nitrogens with one attached hydrogen (secondary N) is 1. The van der Waals surface area contributed by atoms with Crippen LogP contribution in [0.15, 0.2) is 48.5 Å². The van der Waals surface area contributed by atoms with Gasteiger partial charge in [0.2, 0.25) is 5.91 Å². The monoisotopic (exact) mass is 297 g/mol. The number of ether oxygens (including phenoxy) is 1. The molecule has 0 saturated heterocycles. The molecule has 0 bridgehead atoms. The number of hydrogen-bond donors (Lipinski definition) is 1. The largest absolute Gasteiger partial charge is 0.492 e. The van der Waals surface area contributed by atoms with Gasteiger partial charge in [-0.2, -0.15) is 0 Å². The predicted octanol–water partition coefficient (Wildman–Crippen LogP) is 4.36. The third kappa shape index (κ3) is 4.92. The van der Waals surface area contributed by atoms with Crippen molar-refractivity contribution in [3.05, 3.63) is 59.7 Å². The second-order valence-corrected chi connectivity index (χ2v) is 5.32. The Balaban J connectivity index is 1.82. The Bertz CT molecular complexity index is 605. The molecule has 0 aromatic heterocycles. The molecule has 0 radical (unpaired) electrons. The Morgan fingerprint density at radius 3 is 2.55 bits per heavy atom. The molecule has 0 fully saturated rings. The van der Waals surface area contributed by atoms with Crippen LogP contribution in [0.4, 0.5) is 5.69 Å². The fourth-order valence-corrected chi connectivity index (χ4v) is 2.27. The summed E-state index contributed by atoms with van der Waals surface area (Å²) in [6.07, 6.45) is 2.26. The Hall–Kier alpha value is -2.29. The maximum atomic E-state index is 12.0. The molecule has 1 N–H and O–H groups in total. The van der Waals surface area contributed by atoms with Crippen LogP contribution in [-0.4, -0.2) is 12.5 Å². The van der Waals surface area contributed by atoms with Gasteiger partial charge in [0.1, 0.15) is 5.75 Å². The summed E-state index contributed by atoms with van der Waals surface area (Å²) in [6, 6.07) is 16.0. The van der Waals surface area contributed by atoms with Gasteiger partial charge in [0.15, 0.2) is 0 Å². The van der Waals surface area contributed by atoms with Gasteiger partial charge in [0, 0.05) is 6.42 Å². The van der Waals surface area contributed by atoms with E-state index in [-0.39, 0.29) is 5.91 Å². The number of carbonyl (C=O) groups excluding carboxylic acids is 1. The minimum atomic E-state index is 0.0271. The minimum Gasteiger partial charge on any atom is -0.492 e. The number of anilines is 1. The molecule has 3 nitrogen and oxygen atoms in total. The van der Waals surface area contributed by atoms with E-state index in [1.165, 1.54) is 11.1 Å². The van der Waals surface area contributed by atoms with Crippen molar-refractivity contribution in [2.45, 2.75) is 33.1 Å². The lowest BCUT2D eigenvalue weighted by Crippen LogP contribution is -2.12. The van der Waals surface area contributed by atoms with Crippen molar-refractivity contribution in [2.24, 2.45) is 0 Å². The van der Waals surface area contributed by atoms with E-state index in [0.29, 0.717) is 13.0 Å². The minimum absolute atomic E-state index is 0.0271. The van der Waals surface area contributed by atoms with E-state index in [0.717, 1.165) is 24.3 Å². The van der Waals surface area contributed by atoms with E-state index in [2.05, 4.69) is 36.5 Å². The van der Waals surface area contributed by atoms with Gasteiger partial charge in [-0.3, -0.25) is 4.79 Å². The number of para-hydroxylation sites is 2. The molecule has 0 unspecified atom stereocenters. The van der Waals surface area contributed by atoms with E-state index < -0.39 is 0 Å². The average molecular weight is 297 g/mol. The molecule has 2 rings (SSSR count). The maximum absolute atomic E-state index is 12.0. The van der Waals surface area contributed by atoms with E-state index >= 15 is 0 Å². The average Bonchev–Trinajstić information content (AvgIpc) is 2.51. The van der Waals surface area contributed by atoms with Crippen LogP contribution in [0.3, 0.4) is 0 Å². The standard InChI is InChI=1S/C19H23NO2/c1-3-22-18-9-5-4-8-17(18)20-19(21)10-6-7-16-13-11-15(2)12-14-16/h4-5,8-9,11-14H,3,6-7,10H2,1-2H3,(H,20,21). The first-order valence-electron chi connectivity index (χ1n) is 7.76. The maximum Gasteiger partial charge on any atom is 0.224 e. The molecule has 0 aliphatic heterocycles. The molecule has 1 amide bonds. The van der Waals surface area contributed by atoms with Gasteiger partial charge in [-0.15, -0.1) is 0 Å². The molecule has 0 spiro atoms.